The first-order chi connectivity index (χ1) is 8.00. The molecule has 2 aliphatic rings. The minimum absolute atomic E-state index is 0. The van der Waals surface area contributed by atoms with Gasteiger partial charge in [0.05, 0.1) is 11.9 Å². The molecule has 2 rings (SSSR count). The average Bonchev–Trinajstić information content (AvgIpc) is 2.85. The molecule has 3 unspecified atom stereocenters. The summed E-state index contributed by atoms with van der Waals surface area (Å²) in [5.74, 6) is 0.773. The van der Waals surface area contributed by atoms with Crippen LogP contribution >= 0.6 is 12.4 Å². The summed E-state index contributed by atoms with van der Waals surface area (Å²) in [5.41, 5.74) is 0. The minimum atomic E-state index is -3.11. The van der Waals surface area contributed by atoms with E-state index < -0.39 is 10.0 Å². The van der Waals surface area contributed by atoms with Crippen LogP contribution in [0.2, 0.25) is 0 Å². The fourth-order valence-corrected chi connectivity index (χ4v) is 3.94. The Labute approximate surface area is 116 Å². The molecule has 0 bridgehead atoms. The first-order valence-electron chi connectivity index (χ1n) is 6.23. The summed E-state index contributed by atoms with van der Waals surface area (Å²) >= 11 is 0. The molecule has 0 aliphatic carbocycles. The second kappa shape index (κ2) is 6.52. The summed E-state index contributed by atoms with van der Waals surface area (Å²) in [4.78, 5) is 0. The van der Waals surface area contributed by atoms with E-state index in [1.54, 1.807) is 14.1 Å². The Morgan fingerprint density at radius 1 is 1.33 bits per heavy atom. The maximum atomic E-state index is 11.9. The van der Waals surface area contributed by atoms with Gasteiger partial charge in [-0.15, -0.1) is 12.4 Å². The van der Waals surface area contributed by atoms with Gasteiger partial charge < -0.3 is 10.1 Å². The lowest BCUT2D eigenvalue weighted by Gasteiger charge is -2.24. The molecular weight excluding hydrogens is 276 g/mol. The number of sulfonamides is 1. The van der Waals surface area contributed by atoms with Crippen LogP contribution in [0, 0.1) is 11.8 Å². The van der Waals surface area contributed by atoms with E-state index in [1.165, 1.54) is 4.31 Å². The van der Waals surface area contributed by atoms with E-state index in [-0.39, 0.29) is 30.2 Å². The molecule has 0 saturated carbocycles. The van der Waals surface area contributed by atoms with Gasteiger partial charge in [0.2, 0.25) is 10.0 Å². The van der Waals surface area contributed by atoms with Crippen molar-refractivity contribution in [1.29, 1.82) is 0 Å². The van der Waals surface area contributed by atoms with Gasteiger partial charge in [0.15, 0.2) is 0 Å². The molecule has 7 heteroatoms. The van der Waals surface area contributed by atoms with Gasteiger partial charge in [0.25, 0.3) is 0 Å². The minimum Gasteiger partial charge on any atom is -0.378 e. The van der Waals surface area contributed by atoms with E-state index in [2.05, 4.69) is 5.32 Å². The molecule has 2 aliphatic heterocycles. The van der Waals surface area contributed by atoms with E-state index in [0.29, 0.717) is 5.92 Å². The summed E-state index contributed by atoms with van der Waals surface area (Å²) < 4.78 is 30.8. The van der Waals surface area contributed by atoms with Gasteiger partial charge in [-0.05, 0) is 25.3 Å². The standard InChI is InChI=1S/C11H22N2O3S.ClH/c1-13(2)17(14,15)8-9-6-12-7-10(9)11-4-3-5-16-11;/h9-12H,3-8H2,1-2H3;1H. The Morgan fingerprint density at radius 3 is 2.61 bits per heavy atom. The molecular formula is C11H23ClN2O3S. The quantitative estimate of drug-likeness (QED) is 0.812. The third-order valence-electron chi connectivity index (χ3n) is 3.82. The van der Waals surface area contributed by atoms with Crippen LogP contribution in [0.15, 0.2) is 0 Å². The fraction of sp³-hybridized carbons (Fsp3) is 1.00. The average molecular weight is 299 g/mol. The van der Waals surface area contributed by atoms with Crippen molar-refractivity contribution in [2.24, 2.45) is 11.8 Å². The first kappa shape index (κ1) is 16.2. The van der Waals surface area contributed by atoms with Crippen LogP contribution in [-0.4, -0.2) is 58.4 Å². The van der Waals surface area contributed by atoms with E-state index in [4.69, 9.17) is 4.74 Å². The van der Waals surface area contributed by atoms with Crippen LogP contribution in [0.1, 0.15) is 12.8 Å². The van der Waals surface area contributed by atoms with Crippen molar-refractivity contribution in [3.63, 3.8) is 0 Å². The number of nitrogens with zero attached hydrogens (tertiary/aromatic N) is 1. The van der Waals surface area contributed by atoms with Crippen molar-refractivity contribution in [3.05, 3.63) is 0 Å². The van der Waals surface area contributed by atoms with Crippen molar-refractivity contribution >= 4 is 22.4 Å². The maximum absolute atomic E-state index is 11.9. The summed E-state index contributed by atoms with van der Waals surface area (Å²) in [7, 11) is 0.0857. The number of ether oxygens (including phenoxy) is 1. The van der Waals surface area contributed by atoms with Gasteiger partial charge >= 0.3 is 0 Å². The van der Waals surface area contributed by atoms with Crippen LogP contribution in [0.25, 0.3) is 0 Å². The molecule has 0 spiro atoms. The lowest BCUT2D eigenvalue weighted by Crippen LogP contribution is -2.35. The van der Waals surface area contributed by atoms with Gasteiger partial charge in [-0.25, -0.2) is 12.7 Å². The molecule has 0 aromatic carbocycles. The zero-order valence-corrected chi connectivity index (χ0v) is 12.6. The number of nitrogens with one attached hydrogen (secondary N) is 1. The van der Waals surface area contributed by atoms with Gasteiger partial charge in [-0.3, -0.25) is 0 Å². The van der Waals surface area contributed by atoms with Gasteiger partial charge in [0, 0.05) is 33.2 Å². The number of hydrogen-bond acceptors (Lipinski definition) is 4. The molecule has 0 radical (unpaired) electrons. The highest BCUT2D eigenvalue weighted by molar-refractivity contribution is 7.89. The monoisotopic (exact) mass is 298 g/mol. The molecule has 0 aromatic rings. The molecule has 0 amide bonds. The van der Waals surface area contributed by atoms with E-state index >= 15 is 0 Å². The van der Waals surface area contributed by atoms with E-state index in [9.17, 15) is 8.42 Å². The van der Waals surface area contributed by atoms with Crippen molar-refractivity contribution in [3.8, 4) is 0 Å². The molecule has 0 aromatic heterocycles. The molecule has 2 saturated heterocycles. The number of halogens is 1. The van der Waals surface area contributed by atoms with Crippen molar-refractivity contribution in [2.75, 3.05) is 39.5 Å². The zero-order chi connectivity index (χ0) is 12.5. The molecule has 5 nitrogen and oxygen atoms in total. The highest BCUT2D eigenvalue weighted by atomic mass is 35.5. The summed E-state index contributed by atoms with van der Waals surface area (Å²) in [5, 5.41) is 3.30. The molecule has 18 heavy (non-hydrogen) atoms. The van der Waals surface area contributed by atoms with Crippen LogP contribution in [0.4, 0.5) is 0 Å². The normalized spacial score (nSPS) is 32.7. The Hall–Kier alpha value is 0.120. The van der Waals surface area contributed by atoms with Crippen molar-refractivity contribution in [1.82, 2.24) is 9.62 Å². The Balaban J connectivity index is 0.00000162. The Bertz CT molecular complexity index is 355. The van der Waals surface area contributed by atoms with Crippen LogP contribution in [0.5, 0.6) is 0 Å². The topological polar surface area (TPSA) is 58.6 Å². The van der Waals surface area contributed by atoms with E-state index in [0.717, 1.165) is 32.5 Å². The van der Waals surface area contributed by atoms with Crippen LogP contribution in [0.3, 0.4) is 0 Å². The van der Waals surface area contributed by atoms with Gasteiger partial charge in [-0.1, -0.05) is 0 Å². The Morgan fingerprint density at radius 2 is 2.06 bits per heavy atom. The summed E-state index contributed by atoms with van der Waals surface area (Å²) in [6.07, 6.45) is 2.44. The van der Waals surface area contributed by atoms with Crippen LogP contribution in [-0.2, 0) is 14.8 Å². The summed E-state index contributed by atoms with van der Waals surface area (Å²) in [6.45, 7) is 2.50. The molecule has 2 fully saturated rings. The SMILES string of the molecule is CN(C)S(=O)(=O)CC1CNCC1C1CCCO1.Cl. The third kappa shape index (κ3) is 3.57. The molecule has 2 heterocycles. The number of hydrogen-bond donors (Lipinski definition) is 1. The highest BCUT2D eigenvalue weighted by Gasteiger charge is 2.38. The van der Waals surface area contributed by atoms with Crippen LogP contribution < -0.4 is 5.32 Å². The van der Waals surface area contributed by atoms with Gasteiger partial charge in [-0.2, -0.15) is 0 Å². The highest BCUT2D eigenvalue weighted by Crippen LogP contribution is 2.30. The molecule has 108 valence electrons. The Kier molecular flexibility index (Phi) is 5.86. The number of rotatable bonds is 4. The lowest BCUT2D eigenvalue weighted by molar-refractivity contribution is 0.0569. The second-order valence-electron chi connectivity index (χ2n) is 5.19. The van der Waals surface area contributed by atoms with E-state index in [1.807, 2.05) is 0 Å². The predicted molar refractivity (Wildman–Crippen MR) is 73.5 cm³/mol. The second-order valence-corrected chi connectivity index (χ2v) is 7.42. The predicted octanol–water partition coefficient (Wildman–Crippen LogP) is 0.314. The lowest BCUT2D eigenvalue weighted by atomic mass is 9.91. The molecule has 3 atom stereocenters. The smallest absolute Gasteiger partial charge is 0.213 e. The van der Waals surface area contributed by atoms with Crippen molar-refractivity contribution in [2.45, 2.75) is 18.9 Å². The fourth-order valence-electron chi connectivity index (χ4n) is 2.73. The largest absolute Gasteiger partial charge is 0.378 e. The first-order valence-corrected chi connectivity index (χ1v) is 7.84. The summed E-state index contributed by atoms with van der Waals surface area (Å²) in [6, 6.07) is 0. The third-order valence-corrected chi connectivity index (χ3v) is 5.78. The maximum Gasteiger partial charge on any atom is 0.213 e. The van der Waals surface area contributed by atoms with Crippen molar-refractivity contribution < 1.29 is 13.2 Å². The van der Waals surface area contributed by atoms with Gasteiger partial charge in [0.1, 0.15) is 0 Å². The zero-order valence-electron chi connectivity index (χ0n) is 11.0. The molecule has 1 N–H and O–H groups in total.